The molecule has 1 aliphatic rings. The van der Waals surface area contributed by atoms with Crippen LogP contribution < -0.4 is 10.1 Å². The lowest BCUT2D eigenvalue weighted by Gasteiger charge is -2.31. The summed E-state index contributed by atoms with van der Waals surface area (Å²) in [4.78, 5) is 29.3. The van der Waals surface area contributed by atoms with Gasteiger partial charge in [-0.05, 0) is 41.0 Å². The molecule has 0 aliphatic carbocycles. The van der Waals surface area contributed by atoms with Crippen molar-refractivity contribution in [2.45, 2.75) is 24.0 Å². The third-order valence-corrected chi connectivity index (χ3v) is 9.21. The summed E-state index contributed by atoms with van der Waals surface area (Å²) < 4.78 is 38.5. The van der Waals surface area contributed by atoms with Gasteiger partial charge in [-0.1, -0.05) is 91.0 Å². The normalized spacial score (nSPS) is 14.4. The summed E-state index contributed by atoms with van der Waals surface area (Å²) in [5, 5.41) is 3.00. The summed E-state index contributed by atoms with van der Waals surface area (Å²) in [6.07, 6.45) is 0. The molecule has 1 aliphatic heterocycles. The molecule has 1 atom stereocenters. The lowest BCUT2D eigenvalue weighted by molar-refractivity contribution is -0.143. The SMILES string of the molecule is O=C(NCc1ccccc1)C(c1ccccc1)N(Cc1ccccc1)C(=O)COc1ccc(S(=O)(=O)N2CCOCC2)cc1. The number of hydrogen-bond donors (Lipinski definition) is 1. The van der Waals surface area contributed by atoms with Crippen LogP contribution in [-0.4, -0.2) is 62.3 Å². The zero-order chi connectivity index (χ0) is 30.8. The number of nitrogens with one attached hydrogen (secondary N) is 1. The number of carbonyl (C=O) groups excluding carboxylic acids is 2. The van der Waals surface area contributed by atoms with Crippen LogP contribution >= 0.6 is 0 Å². The van der Waals surface area contributed by atoms with Crippen molar-refractivity contribution in [3.05, 3.63) is 132 Å². The van der Waals surface area contributed by atoms with E-state index in [1.807, 2.05) is 91.0 Å². The van der Waals surface area contributed by atoms with Gasteiger partial charge in [-0.25, -0.2) is 8.42 Å². The number of rotatable bonds is 12. The zero-order valence-corrected chi connectivity index (χ0v) is 25.1. The van der Waals surface area contributed by atoms with Gasteiger partial charge in [0.1, 0.15) is 11.8 Å². The molecule has 0 aromatic heterocycles. The molecule has 0 saturated carbocycles. The van der Waals surface area contributed by atoms with E-state index in [0.717, 1.165) is 11.1 Å². The average Bonchev–Trinajstić information content (AvgIpc) is 3.08. The molecule has 2 amide bonds. The van der Waals surface area contributed by atoms with Gasteiger partial charge < -0.3 is 19.7 Å². The van der Waals surface area contributed by atoms with Crippen molar-refractivity contribution in [1.82, 2.24) is 14.5 Å². The fourth-order valence-electron chi connectivity index (χ4n) is 4.97. The molecule has 10 heteroatoms. The Hall–Kier alpha value is -4.51. The van der Waals surface area contributed by atoms with Crippen molar-refractivity contribution in [2.24, 2.45) is 0 Å². The molecule has 1 fully saturated rings. The van der Waals surface area contributed by atoms with Gasteiger partial charge in [-0.15, -0.1) is 0 Å². The quantitative estimate of drug-likeness (QED) is 0.257. The third-order valence-electron chi connectivity index (χ3n) is 7.29. The molecule has 4 aromatic rings. The number of hydrogen-bond acceptors (Lipinski definition) is 6. The minimum Gasteiger partial charge on any atom is -0.484 e. The fraction of sp³-hybridized carbons (Fsp3) is 0.235. The highest BCUT2D eigenvalue weighted by Gasteiger charge is 2.32. The van der Waals surface area contributed by atoms with Crippen molar-refractivity contribution >= 4 is 21.8 Å². The Bertz CT molecular complexity index is 1610. The van der Waals surface area contributed by atoms with Crippen LogP contribution in [0.4, 0.5) is 0 Å². The monoisotopic (exact) mass is 613 g/mol. The fourth-order valence-corrected chi connectivity index (χ4v) is 6.37. The van der Waals surface area contributed by atoms with Crippen molar-refractivity contribution in [1.29, 1.82) is 0 Å². The predicted octanol–water partition coefficient (Wildman–Crippen LogP) is 4.17. The first kappa shape index (κ1) is 30.9. The van der Waals surface area contributed by atoms with Gasteiger partial charge in [0.15, 0.2) is 6.61 Å². The Kier molecular flexibility index (Phi) is 10.4. The van der Waals surface area contributed by atoms with E-state index >= 15 is 0 Å². The number of benzene rings is 4. The number of ether oxygens (including phenoxy) is 2. The second-order valence-electron chi connectivity index (χ2n) is 10.3. The topological polar surface area (TPSA) is 105 Å². The minimum absolute atomic E-state index is 0.142. The third kappa shape index (κ3) is 7.90. The minimum atomic E-state index is -3.66. The Morgan fingerprint density at radius 1 is 0.795 bits per heavy atom. The number of carbonyl (C=O) groups is 2. The number of morpholine rings is 1. The van der Waals surface area contributed by atoms with Crippen LogP contribution in [0.2, 0.25) is 0 Å². The number of sulfonamides is 1. The van der Waals surface area contributed by atoms with E-state index < -0.39 is 22.0 Å². The van der Waals surface area contributed by atoms with Gasteiger partial charge in [0.25, 0.3) is 5.91 Å². The van der Waals surface area contributed by atoms with Crippen molar-refractivity contribution in [3.63, 3.8) is 0 Å². The molecule has 1 saturated heterocycles. The van der Waals surface area contributed by atoms with Crippen LogP contribution in [-0.2, 0) is 37.4 Å². The molecule has 44 heavy (non-hydrogen) atoms. The lowest BCUT2D eigenvalue weighted by atomic mass is 10.0. The smallest absolute Gasteiger partial charge is 0.261 e. The molecule has 5 rings (SSSR count). The van der Waals surface area contributed by atoms with Gasteiger partial charge in [0, 0.05) is 26.2 Å². The van der Waals surface area contributed by atoms with E-state index in [9.17, 15) is 18.0 Å². The number of nitrogens with zero attached hydrogens (tertiary/aromatic N) is 2. The first-order valence-electron chi connectivity index (χ1n) is 14.4. The van der Waals surface area contributed by atoms with Crippen LogP contribution in [0.3, 0.4) is 0 Å². The van der Waals surface area contributed by atoms with E-state index in [1.54, 1.807) is 0 Å². The van der Waals surface area contributed by atoms with Crippen LogP contribution in [0, 0.1) is 0 Å². The average molecular weight is 614 g/mol. The Morgan fingerprint density at radius 3 is 1.98 bits per heavy atom. The van der Waals surface area contributed by atoms with E-state index in [-0.39, 0.29) is 24.0 Å². The largest absolute Gasteiger partial charge is 0.484 e. The highest BCUT2D eigenvalue weighted by molar-refractivity contribution is 7.89. The molecule has 4 aromatic carbocycles. The molecule has 9 nitrogen and oxygen atoms in total. The molecule has 1 unspecified atom stereocenters. The summed E-state index contributed by atoms with van der Waals surface area (Å²) in [6, 6.07) is 33.3. The molecule has 228 valence electrons. The second kappa shape index (κ2) is 14.8. The maximum atomic E-state index is 13.9. The highest BCUT2D eigenvalue weighted by Crippen LogP contribution is 2.25. The summed E-state index contributed by atoms with van der Waals surface area (Å²) >= 11 is 0. The van der Waals surface area contributed by atoms with Gasteiger partial charge in [0.05, 0.1) is 18.1 Å². The standard InChI is InChI=1S/C34H35N3O6S/c38-32(26-43-30-16-18-31(19-17-30)44(40,41)36-20-22-42-23-21-36)37(25-28-12-6-2-7-13-28)33(29-14-8-3-9-15-29)34(39)35-24-27-10-4-1-5-11-27/h1-19,33H,20-26H2,(H,35,39). The Morgan fingerprint density at radius 2 is 1.36 bits per heavy atom. The van der Waals surface area contributed by atoms with Gasteiger partial charge in [-0.3, -0.25) is 9.59 Å². The molecule has 1 N–H and O–H groups in total. The Balaban J connectivity index is 1.35. The van der Waals surface area contributed by atoms with Gasteiger partial charge in [0.2, 0.25) is 15.9 Å². The first-order valence-corrected chi connectivity index (χ1v) is 15.9. The second-order valence-corrected chi connectivity index (χ2v) is 12.2. The maximum absolute atomic E-state index is 13.9. The van der Waals surface area contributed by atoms with Crippen molar-refractivity contribution in [3.8, 4) is 5.75 Å². The van der Waals surface area contributed by atoms with Crippen LogP contribution in [0.1, 0.15) is 22.7 Å². The lowest BCUT2D eigenvalue weighted by Crippen LogP contribution is -2.45. The molecular formula is C34H35N3O6S. The maximum Gasteiger partial charge on any atom is 0.261 e. The van der Waals surface area contributed by atoms with Gasteiger partial charge in [-0.2, -0.15) is 4.31 Å². The van der Waals surface area contributed by atoms with E-state index in [4.69, 9.17) is 9.47 Å². The highest BCUT2D eigenvalue weighted by atomic mass is 32.2. The summed E-state index contributed by atoms with van der Waals surface area (Å²) in [5.41, 5.74) is 2.46. The summed E-state index contributed by atoms with van der Waals surface area (Å²) in [6.45, 7) is 1.45. The molecular weight excluding hydrogens is 578 g/mol. The number of amides is 2. The van der Waals surface area contributed by atoms with Crippen molar-refractivity contribution in [2.75, 3.05) is 32.9 Å². The van der Waals surface area contributed by atoms with E-state index in [0.29, 0.717) is 44.2 Å². The summed E-state index contributed by atoms with van der Waals surface area (Å²) in [5.74, 6) is -0.381. The Labute approximate surface area is 258 Å². The summed E-state index contributed by atoms with van der Waals surface area (Å²) in [7, 11) is -3.66. The predicted molar refractivity (Wildman–Crippen MR) is 166 cm³/mol. The zero-order valence-electron chi connectivity index (χ0n) is 24.2. The van der Waals surface area contributed by atoms with Crippen LogP contribution in [0.5, 0.6) is 5.75 Å². The van der Waals surface area contributed by atoms with Gasteiger partial charge >= 0.3 is 0 Å². The molecule has 0 radical (unpaired) electrons. The van der Waals surface area contributed by atoms with Crippen molar-refractivity contribution < 1.29 is 27.5 Å². The molecule has 0 bridgehead atoms. The van der Waals surface area contributed by atoms with E-state index in [2.05, 4.69) is 5.32 Å². The first-order chi connectivity index (χ1) is 21.4. The van der Waals surface area contributed by atoms with Crippen LogP contribution in [0.15, 0.2) is 120 Å². The molecule has 1 heterocycles. The van der Waals surface area contributed by atoms with E-state index in [1.165, 1.54) is 33.5 Å². The van der Waals surface area contributed by atoms with Crippen LogP contribution in [0.25, 0.3) is 0 Å². The molecule has 0 spiro atoms.